The minimum absolute atomic E-state index is 0.136. The molecule has 0 amide bonds. The highest BCUT2D eigenvalue weighted by Gasteiger charge is 2.06. The highest BCUT2D eigenvalue weighted by molar-refractivity contribution is 5.26. The van der Waals surface area contributed by atoms with Crippen LogP contribution >= 0.6 is 0 Å². The van der Waals surface area contributed by atoms with Crippen LogP contribution in [-0.4, -0.2) is 13.1 Å². The van der Waals surface area contributed by atoms with E-state index in [0.717, 1.165) is 25.1 Å². The van der Waals surface area contributed by atoms with Crippen LogP contribution < -0.4 is 5.32 Å². The van der Waals surface area contributed by atoms with E-state index in [0.29, 0.717) is 5.92 Å². The Bertz CT molecular complexity index is 336. The highest BCUT2D eigenvalue weighted by atomic mass is 19.1. The lowest BCUT2D eigenvalue weighted by Gasteiger charge is -2.13. The van der Waals surface area contributed by atoms with Crippen molar-refractivity contribution in [3.05, 3.63) is 35.1 Å². The number of benzene rings is 1. The third-order valence-electron chi connectivity index (χ3n) is 3.11. The van der Waals surface area contributed by atoms with Gasteiger partial charge in [0.2, 0.25) is 0 Å². The van der Waals surface area contributed by atoms with E-state index in [9.17, 15) is 4.39 Å². The second kappa shape index (κ2) is 7.44. The van der Waals surface area contributed by atoms with Crippen LogP contribution in [0.15, 0.2) is 18.2 Å². The van der Waals surface area contributed by atoms with Gasteiger partial charge in [-0.1, -0.05) is 19.9 Å². The van der Waals surface area contributed by atoms with Crippen molar-refractivity contribution in [2.24, 2.45) is 5.92 Å². The summed E-state index contributed by atoms with van der Waals surface area (Å²) in [5, 5.41) is 3.42. The fraction of sp³-hybridized carbons (Fsp3) is 0.600. The molecule has 1 N–H and O–H groups in total. The van der Waals surface area contributed by atoms with Crippen LogP contribution in [0, 0.1) is 18.7 Å². The molecule has 17 heavy (non-hydrogen) atoms. The minimum atomic E-state index is -0.136. The SMILES string of the molecule is CCCNCCC(C)Cc1ccc(F)cc1C. The Morgan fingerprint density at radius 1 is 1.29 bits per heavy atom. The third kappa shape index (κ3) is 5.31. The summed E-state index contributed by atoms with van der Waals surface area (Å²) in [4.78, 5) is 0. The van der Waals surface area contributed by atoms with Crippen molar-refractivity contribution in [2.45, 2.75) is 40.0 Å². The Hall–Kier alpha value is -0.890. The lowest BCUT2D eigenvalue weighted by molar-refractivity contribution is 0.497. The fourth-order valence-electron chi connectivity index (χ4n) is 2.02. The van der Waals surface area contributed by atoms with Gasteiger partial charge in [-0.2, -0.15) is 0 Å². The molecule has 0 bridgehead atoms. The molecule has 0 aliphatic heterocycles. The summed E-state index contributed by atoms with van der Waals surface area (Å²) in [7, 11) is 0. The van der Waals surface area contributed by atoms with E-state index in [1.54, 1.807) is 12.1 Å². The van der Waals surface area contributed by atoms with Crippen LogP contribution in [0.25, 0.3) is 0 Å². The summed E-state index contributed by atoms with van der Waals surface area (Å²) in [6, 6.07) is 5.10. The molecule has 0 aliphatic rings. The normalized spacial score (nSPS) is 12.7. The van der Waals surface area contributed by atoms with Gasteiger partial charge in [-0.3, -0.25) is 0 Å². The van der Waals surface area contributed by atoms with Gasteiger partial charge in [0, 0.05) is 0 Å². The molecule has 1 atom stereocenters. The molecule has 1 aromatic rings. The van der Waals surface area contributed by atoms with Crippen molar-refractivity contribution in [1.29, 1.82) is 0 Å². The first-order valence-electron chi connectivity index (χ1n) is 6.59. The molecular weight excluding hydrogens is 213 g/mol. The number of aryl methyl sites for hydroxylation is 1. The van der Waals surface area contributed by atoms with Crippen LogP contribution in [0.3, 0.4) is 0 Å². The number of nitrogens with one attached hydrogen (secondary N) is 1. The average molecular weight is 237 g/mol. The molecule has 1 rings (SSSR count). The Kier molecular flexibility index (Phi) is 6.20. The molecule has 0 aromatic heterocycles. The molecule has 1 nitrogen and oxygen atoms in total. The Labute approximate surface area is 104 Å². The Balaban J connectivity index is 2.37. The minimum Gasteiger partial charge on any atom is -0.317 e. The van der Waals surface area contributed by atoms with Crippen LogP contribution in [0.1, 0.15) is 37.8 Å². The molecule has 2 heteroatoms. The van der Waals surface area contributed by atoms with Gasteiger partial charge in [-0.05, 0) is 68.5 Å². The Morgan fingerprint density at radius 2 is 2.06 bits per heavy atom. The molecule has 0 heterocycles. The largest absolute Gasteiger partial charge is 0.317 e. The lowest BCUT2D eigenvalue weighted by Crippen LogP contribution is -2.18. The third-order valence-corrected chi connectivity index (χ3v) is 3.11. The fourth-order valence-corrected chi connectivity index (χ4v) is 2.02. The number of hydrogen-bond acceptors (Lipinski definition) is 1. The highest BCUT2D eigenvalue weighted by Crippen LogP contribution is 2.16. The zero-order valence-electron chi connectivity index (χ0n) is 11.2. The number of hydrogen-bond donors (Lipinski definition) is 1. The molecule has 1 unspecified atom stereocenters. The number of halogens is 1. The molecule has 96 valence electrons. The van der Waals surface area contributed by atoms with E-state index in [1.165, 1.54) is 18.4 Å². The van der Waals surface area contributed by atoms with Crippen molar-refractivity contribution in [3.8, 4) is 0 Å². The standard InChI is InChI=1S/C15H24FN/c1-4-8-17-9-7-12(2)10-14-5-6-15(16)11-13(14)3/h5-6,11-12,17H,4,7-10H2,1-3H3. The van der Waals surface area contributed by atoms with Gasteiger partial charge >= 0.3 is 0 Å². The van der Waals surface area contributed by atoms with Crippen molar-refractivity contribution in [1.82, 2.24) is 5.32 Å². The van der Waals surface area contributed by atoms with E-state index in [4.69, 9.17) is 0 Å². The second-order valence-corrected chi connectivity index (χ2v) is 4.92. The first kappa shape index (κ1) is 14.2. The summed E-state index contributed by atoms with van der Waals surface area (Å²) < 4.78 is 13.0. The Morgan fingerprint density at radius 3 is 2.71 bits per heavy atom. The maximum absolute atomic E-state index is 13.0. The van der Waals surface area contributed by atoms with Gasteiger partial charge in [0.05, 0.1) is 0 Å². The maximum Gasteiger partial charge on any atom is 0.123 e. The summed E-state index contributed by atoms with van der Waals surface area (Å²) >= 11 is 0. The van der Waals surface area contributed by atoms with E-state index < -0.39 is 0 Å². The van der Waals surface area contributed by atoms with E-state index in [-0.39, 0.29) is 5.82 Å². The zero-order valence-corrected chi connectivity index (χ0v) is 11.2. The molecule has 0 saturated heterocycles. The van der Waals surface area contributed by atoms with Gasteiger partial charge in [0.15, 0.2) is 0 Å². The van der Waals surface area contributed by atoms with Gasteiger partial charge < -0.3 is 5.32 Å². The molecule has 0 saturated carbocycles. The van der Waals surface area contributed by atoms with Gasteiger partial charge in [-0.15, -0.1) is 0 Å². The molecule has 0 spiro atoms. The topological polar surface area (TPSA) is 12.0 Å². The predicted molar refractivity (Wildman–Crippen MR) is 71.8 cm³/mol. The van der Waals surface area contributed by atoms with E-state index in [2.05, 4.69) is 19.2 Å². The van der Waals surface area contributed by atoms with Crippen molar-refractivity contribution < 1.29 is 4.39 Å². The van der Waals surface area contributed by atoms with E-state index in [1.807, 2.05) is 13.0 Å². The molecular formula is C15H24FN. The van der Waals surface area contributed by atoms with Gasteiger partial charge in [-0.25, -0.2) is 4.39 Å². The van der Waals surface area contributed by atoms with Crippen LogP contribution in [0.4, 0.5) is 4.39 Å². The summed E-state index contributed by atoms with van der Waals surface area (Å²) in [5.74, 6) is 0.507. The maximum atomic E-state index is 13.0. The molecule has 0 aliphatic carbocycles. The van der Waals surface area contributed by atoms with Gasteiger partial charge in [0.25, 0.3) is 0 Å². The van der Waals surface area contributed by atoms with Crippen LogP contribution in [0.2, 0.25) is 0 Å². The summed E-state index contributed by atoms with van der Waals surface area (Å²) in [6.45, 7) is 8.60. The van der Waals surface area contributed by atoms with Gasteiger partial charge in [0.1, 0.15) is 5.82 Å². The zero-order chi connectivity index (χ0) is 12.7. The average Bonchev–Trinajstić information content (AvgIpc) is 2.28. The first-order chi connectivity index (χ1) is 8.13. The first-order valence-corrected chi connectivity index (χ1v) is 6.59. The van der Waals surface area contributed by atoms with E-state index >= 15 is 0 Å². The predicted octanol–water partition coefficient (Wildman–Crippen LogP) is 3.70. The van der Waals surface area contributed by atoms with Crippen molar-refractivity contribution >= 4 is 0 Å². The van der Waals surface area contributed by atoms with Crippen LogP contribution in [-0.2, 0) is 6.42 Å². The summed E-state index contributed by atoms with van der Waals surface area (Å²) in [5.41, 5.74) is 2.34. The quantitative estimate of drug-likeness (QED) is 0.713. The summed E-state index contributed by atoms with van der Waals surface area (Å²) in [6.07, 6.45) is 3.40. The van der Waals surface area contributed by atoms with Crippen molar-refractivity contribution in [3.63, 3.8) is 0 Å². The van der Waals surface area contributed by atoms with Crippen LogP contribution in [0.5, 0.6) is 0 Å². The van der Waals surface area contributed by atoms with Crippen molar-refractivity contribution in [2.75, 3.05) is 13.1 Å². The molecule has 0 radical (unpaired) electrons. The monoisotopic (exact) mass is 237 g/mol. The number of rotatable bonds is 7. The smallest absolute Gasteiger partial charge is 0.123 e. The lowest BCUT2D eigenvalue weighted by atomic mass is 9.95. The second-order valence-electron chi connectivity index (χ2n) is 4.92. The molecule has 1 aromatic carbocycles. The molecule has 0 fully saturated rings.